The number of nitrogens with one attached hydrogen (secondary N) is 1. The molecule has 64 valence electrons. The lowest BCUT2D eigenvalue weighted by molar-refractivity contribution is 0.100. The first-order chi connectivity index (χ1) is 5.61. The van der Waals surface area contributed by atoms with Crippen LogP contribution in [0.15, 0.2) is 21.9 Å². The zero-order valence-corrected chi connectivity index (χ0v) is 7.63. The highest BCUT2D eigenvalue weighted by Crippen LogP contribution is 2.15. The number of rotatable bonds is 1. The summed E-state index contributed by atoms with van der Waals surface area (Å²) in [6, 6.07) is 0. The zero-order valence-electron chi connectivity index (χ0n) is 6.04. The largest absolute Gasteiger partial charge is 0.370 e. The first-order valence-electron chi connectivity index (χ1n) is 3.07. The molecule has 6 heteroatoms. The number of hydrogen-bond acceptors (Lipinski definition) is 1. The van der Waals surface area contributed by atoms with Gasteiger partial charge in [0, 0.05) is 16.9 Å². The van der Waals surface area contributed by atoms with E-state index in [0.717, 1.165) is 0 Å². The number of nitrogens with zero attached hydrogens (tertiary/aromatic N) is 1. The van der Waals surface area contributed by atoms with Gasteiger partial charge in [-0.2, -0.15) is 4.99 Å². The minimum absolute atomic E-state index is 0.242. The summed E-state index contributed by atoms with van der Waals surface area (Å²) in [4.78, 5) is 17.2. The summed E-state index contributed by atoms with van der Waals surface area (Å²) in [5.74, 6) is -0.712. The van der Waals surface area contributed by atoms with Crippen molar-refractivity contribution < 1.29 is 4.79 Å². The highest BCUT2D eigenvalue weighted by Gasteiger charge is 2.08. The average Bonchev–Trinajstić information content (AvgIpc) is 2.33. The maximum atomic E-state index is 11.1. The van der Waals surface area contributed by atoms with E-state index in [1.54, 1.807) is 6.20 Å². The van der Waals surface area contributed by atoms with E-state index < -0.39 is 5.91 Å². The Hall–Kier alpha value is -1.30. The molecular weight excluding hydrogens is 224 g/mol. The van der Waals surface area contributed by atoms with Gasteiger partial charge in [0.25, 0.3) is 5.91 Å². The van der Waals surface area contributed by atoms with Crippen molar-refractivity contribution >= 4 is 27.8 Å². The monoisotopic (exact) mass is 230 g/mol. The lowest BCUT2D eigenvalue weighted by Gasteiger charge is -1.91. The molecule has 5 nitrogen and oxygen atoms in total. The van der Waals surface area contributed by atoms with Crippen LogP contribution in [-0.2, 0) is 0 Å². The molecule has 0 aliphatic carbocycles. The fourth-order valence-corrected chi connectivity index (χ4v) is 1.10. The quantitative estimate of drug-likeness (QED) is 0.475. The Kier molecular flexibility index (Phi) is 2.49. The third-order valence-corrected chi connectivity index (χ3v) is 1.81. The Labute approximate surface area is 77.0 Å². The van der Waals surface area contributed by atoms with Crippen LogP contribution in [-0.4, -0.2) is 16.9 Å². The van der Waals surface area contributed by atoms with Gasteiger partial charge in [-0.05, 0) is 15.9 Å². The molecule has 1 aromatic rings. The molecule has 0 unspecified atom stereocenters. The van der Waals surface area contributed by atoms with Crippen LogP contribution in [0.5, 0.6) is 0 Å². The van der Waals surface area contributed by atoms with Gasteiger partial charge in [0.1, 0.15) is 0 Å². The van der Waals surface area contributed by atoms with Gasteiger partial charge in [0.05, 0.1) is 5.56 Å². The summed E-state index contributed by atoms with van der Waals surface area (Å²) in [6.45, 7) is 0. The van der Waals surface area contributed by atoms with Crippen molar-refractivity contribution in [3.05, 3.63) is 22.4 Å². The minimum Gasteiger partial charge on any atom is -0.370 e. The van der Waals surface area contributed by atoms with E-state index >= 15 is 0 Å². The molecule has 12 heavy (non-hydrogen) atoms. The van der Waals surface area contributed by atoms with Gasteiger partial charge in [0.15, 0.2) is 5.96 Å². The molecule has 1 rings (SSSR count). The van der Waals surface area contributed by atoms with E-state index in [4.69, 9.17) is 11.5 Å². The highest BCUT2D eigenvalue weighted by atomic mass is 79.9. The number of aliphatic imine (C=N–C) groups is 1. The van der Waals surface area contributed by atoms with Gasteiger partial charge in [-0.3, -0.25) is 4.79 Å². The second-order valence-corrected chi connectivity index (χ2v) is 2.91. The predicted molar refractivity (Wildman–Crippen MR) is 48.6 cm³/mol. The van der Waals surface area contributed by atoms with E-state index in [-0.39, 0.29) is 5.96 Å². The first-order valence-corrected chi connectivity index (χ1v) is 3.87. The fraction of sp³-hybridized carbons (Fsp3) is 0. The van der Waals surface area contributed by atoms with Gasteiger partial charge >= 0.3 is 0 Å². The lowest BCUT2D eigenvalue weighted by atomic mass is 10.3. The van der Waals surface area contributed by atoms with Gasteiger partial charge in [0.2, 0.25) is 0 Å². The number of hydrogen-bond donors (Lipinski definition) is 3. The molecule has 0 aliphatic heterocycles. The van der Waals surface area contributed by atoms with E-state index in [2.05, 4.69) is 25.9 Å². The summed E-state index contributed by atoms with van der Waals surface area (Å²) in [7, 11) is 0. The number of aromatic amines is 1. The second kappa shape index (κ2) is 3.40. The molecule has 0 aromatic carbocycles. The topological polar surface area (TPSA) is 97.3 Å². The smallest absolute Gasteiger partial charge is 0.282 e. The number of carbonyl (C=O) groups is 1. The Morgan fingerprint density at radius 1 is 1.50 bits per heavy atom. The molecular formula is C6H7BrN4O. The number of halogens is 1. The van der Waals surface area contributed by atoms with Gasteiger partial charge in [-0.15, -0.1) is 0 Å². The van der Waals surface area contributed by atoms with E-state index in [1.165, 1.54) is 6.20 Å². The molecule has 0 bridgehead atoms. The number of aromatic nitrogens is 1. The SMILES string of the molecule is NC(N)=NC(=O)c1c[nH]cc1Br. The van der Waals surface area contributed by atoms with Crippen LogP contribution in [0.25, 0.3) is 0 Å². The van der Waals surface area contributed by atoms with Crippen LogP contribution in [0.2, 0.25) is 0 Å². The molecule has 0 aliphatic rings. The summed E-state index contributed by atoms with van der Waals surface area (Å²) in [5.41, 5.74) is 10.5. The number of guanidine groups is 1. The van der Waals surface area contributed by atoms with Crippen LogP contribution in [0.3, 0.4) is 0 Å². The van der Waals surface area contributed by atoms with Crippen LogP contribution in [0, 0.1) is 0 Å². The summed E-state index contributed by atoms with van der Waals surface area (Å²) >= 11 is 3.15. The lowest BCUT2D eigenvalue weighted by Crippen LogP contribution is -2.24. The van der Waals surface area contributed by atoms with E-state index in [0.29, 0.717) is 10.0 Å². The van der Waals surface area contributed by atoms with Crippen molar-refractivity contribution in [3.8, 4) is 0 Å². The molecule has 1 aromatic heterocycles. The van der Waals surface area contributed by atoms with Crippen molar-refractivity contribution in [2.24, 2.45) is 16.5 Å². The third kappa shape index (κ3) is 1.85. The van der Waals surface area contributed by atoms with Crippen molar-refractivity contribution in [3.63, 3.8) is 0 Å². The van der Waals surface area contributed by atoms with Gasteiger partial charge in [-0.1, -0.05) is 0 Å². The maximum absolute atomic E-state index is 11.1. The first kappa shape index (κ1) is 8.79. The predicted octanol–water partition coefficient (Wildman–Crippen LogP) is 0.191. The van der Waals surface area contributed by atoms with Crippen molar-refractivity contribution in [2.45, 2.75) is 0 Å². The molecule has 0 radical (unpaired) electrons. The van der Waals surface area contributed by atoms with Crippen molar-refractivity contribution in [1.82, 2.24) is 4.98 Å². The molecule has 1 amide bonds. The molecule has 0 saturated carbocycles. The van der Waals surface area contributed by atoms with Crippen molar-refractivity contribution in [1.29, 1.82) is 0 Å². The Morgan fingerprint density at radius 2 is 2.17 bits per heavy atom. The molecule has 5 N–H and O–H groups in total. The summed E-state index contributed by atoms with van der Waals surface area (Å²) in [6.07, 6.45) is 3.13. The molecule has 0 saturated heterocycles. The zero-order chi connectivity index (χ0) is 9.14. The third-order valence-electron chi connectivity index (χ3n) is 1.16. The average molecular weight is 231 g/mol. The molecule has 0 atom stereocenters. The van der Waals surface area contributed by atoms with E-state index in [1.807, 2.05) is 0 Å². The molecule has 0 spiro atoms. The number of H-pyrrole nitrogens is 1. The van der Waals surface area contributed by atoms with Crippen LogP contribution < -0.4 is 11.5 Å². The molecule has 0 fully saturated rings. The second-order valence-electron chi connectivity index (χ2n) is 2.06. The van der Waals surface area contributed by atoms with Crippen molar-refractivity contribution in [2.75, 3.05) is 0 Å². The number of nitrogens with two attached hydrogens (primary N) is 2. The van der Waals surface area contributed by atoms with Gasteiger partial charge in [-0.25, -0.2) is 0 Å². The minimum atomic E-state index is -0.469. The van der Waals surface area contributed by atoms with Crippen LogP contribution >= 0.6 is 15.9 Å². The van der Waals surface area contributed by atoms with Gasteiger partial charge < -0.3 is 16.5 Å². The number of carbonyl (C=O) groups excluding carboxylic acids is 1. The summed E-state index contributed by atoms with van der Waals surface area (Å²) < 4.78 is 0.637. The Bertz CT molecular complexity index is 326. The van der Waals surface area contributed by atoms with E-state index in [9.17, 15) is 4.79 Å². The number of amides is 1. The Balaban J connectivity index is 2.93. The van der Waals surface area contributed by atoms with Crippen LogP contribution in [0.4, 0.5) is 0 Å². The molecule has 1 heterocycles. The Morgan fingerprint density at radius 3 is 2.58 bits per heavy atom. The normalized spacial score (nSPS) is 9.42. The maximum Gasteiger partial charge on any atom is 0.282 e. The standard InChI is InChI=1S/C6H7BrN4O/c7-4-2-10-1-3(4)5(12)11-6(8)9/h1-2,10H,(H4,8,9,11,12). The highest BCUT2D eigenvalue weighted by molar-refractivity contribution is 9.10. The summed E-state index contributed by atoms with van der Waals surface area (Å²) in [5, 5.41) is 0. The van der Waals surface area contributed by atoms with Crippen LogP contribution in [0.1, 0.15) is 10.4 Å². The fourth-order valence-electron chi connectivity index (χ4n) is 0.686.